The maximum absolute atomic E-state index is 4.50. The number of aryl methyl sites for hydroxylation is 1. The summed E-state index contributed by atoms with van der Waals surface area (Å²) in [6.45, 7) is 8.92. The molecule has 0 saturated heterocycles. The van der Waals surface area contributed by atoms with Gasteiger partial charge in [0, 0.05) is 11.1 Å². The van der Waals surface area contributed by atoms with Crippen molar-refractivity contribution in [2.24, 2.45) is 0 Å². The zero-order chi connectivity index (χ0) is 22.1. The Morgan fingerprint density at radius 3 is 2.03 bits per heavy atom. The second-order valence-electron chi connectivity index (χ2n) is 8.70. The third-order valence-electron chi connectivity index (χ3n) is 6.30. The third-order valence-corrected chi connectivity index (χ3v) is 6.30. The average Bonchev–Trinajstić information content (AvgIpc) is 2.85. The summed E-state index contributed by atoms with van der Waals surface area (Å²) in [7, 11) is 0. The van der Waals surface area contributed by atoms with Crippen LogP contribution in [-0.4, -0.2) is 0 Å². The molecule has 1 unspecified atom stereocenters. The first kappa shape index (κ1) is 20.1. The van der Waals surface area contributed by atoms with E-state index in [0.29, 0.717) is 0 Å². The van der Waals surface area contributed by atoms with Crippen LogP contribution < -0.4 is 5.32 Å². The maximum atomic E-state index is 4.50. The molecule has 0 saturated carbocycles. The first-order chi connectivity index (χ1) is 15.5. The molecule has 1 aliphatic rings. The standard InChI is InChI=1S/C31H27N/c1-22-19-27(23(2)24-13-7-4-8-14-24)30-28(20-22)29(25-15-9-5-10-16-25)21-31(3,32-30)26-17-11-6-12-18-26/h4-21,32H,2H2,1,3H3. The van der Waals surface area contributed by atoms with E-state index in [0.717, 1.165) is 22.4 Å². The summed E-state index contributed by atoms with van der Waals surface area (Å²) in [5, 5.41) is 3.90. The van der Waals surface area contributed by atoms with Gasteiger partial charge in [0.2, 0.25) is 0 Å². The van der Waals surface area contributed by atoms with Crippen LogP contribution in [0.1, 0.15) is 40.3 Å². The van der Waals surface area contributed by atoms with Gasteiger partial charge < -0.3 is 5.32 Å². The average molecular weight is 414 g/mol. The fourth-order valence-corrected chi connectivity index (χ4v) is 4.62. The van der Waals surface area contributed by atoms with E-state index in [1.165, 1.54) is 27.8 Å². The normalized spacial score (nSPS) is 17.1. The van der Waals surface area contributed by atoms with Crippen molar-refractivity contribution in [3.8, 4) is 0 Å². The highest BCUT2D eigenvalue weighted by Gasteiger charge is 2.32. The smallest absolute Gasteiger partial charge is 0.0790 e. The summed E-state index contributed by atoms with van der Waals surface area (Å²) in [6, 6.07) is 36.3. The van der Waals surface area contributed by atoms with E-state index in [4.69, 9.17) is 0 Å². The molecule has 4 aromatic rings. The monoisotopic (exact) mass is 413 g/mol. The Kier molecular flexibility index (Phi) is 5.03. The van der Waals surface area contributed by atoms with Crippen LogP contribution in [0.5, 0.6) is 0 Å². The first-order valence-electron chi connectivity index (χ1n) is 11.1. The molecule has 1 aliphatic heterocycles. The highest BCUT2D eigenvalue weighted by atomic mass is 15.0. The Balaban J connectivity index is 1.76. The summed E-state index contributed by atoms with van der Waals surface area (Å²) in [6.07, 6.45) is 2.37. The van der Waals surface area contributed by atoms with Crippen molar-refractivity contribution < 1.29 is 0 Å². The number of nitrogens with one attached hydrogen (secondary N) is 1. The van der Waals surface area contributed by atoms with Gasteiger partial charge in [0.25, 0.3) is 0 Å². The van der Waals surface area contributed by atoms with Crippen LogP contribution in [0.3, 0.4) is 0 Å². The quantitative estimate of drug-likeness (QED) is 0.359. The van der Waals surface area contributed by atoms with E-state index in [1.807, 2.05) is 6.07 Å². The fraction of sp³-hybridized carbons (Fsp3) is 0.0968. The van der Waals surface area contributed by atoms with Gasteiger partial charge in [-0.15, -0.1) is 0 Å². The highest BCUT2D eigenvalue weighted by Crippen LogP contribution is 2.45. The van der Waals surface area contributed by atoms with Gasteiger partial charge in [-0.25, -0.2) is 0 Å². The second-order valence-corrected chi connectivity index (χ2v) is 8.70. The van der Waals surface area contributed by atoms with Crippen molar-refractivity contribution >= 4 is 16.8 Å². The largest absolute Gasteiger partial charge is 0.371 e. The van der Waals surface area contributed by atoms with E-state index in [1.54, 1.807) is 0 Å². The van der Waals surface area contributed by atoms with E-state index in [9.17, 15) is 0 Å². The van der Waals surface area contributed by atoms with Gasteiger partial charge in [0.05, 0.1) is 11.2 Å². The zero-order valence-electron chi connectivity index (χ0n) is 18.6. The minimum Gasteiger partial charge on any atom is -0.371 e. The lowest BCUT2D eigenvalue weighted by molar-refractivity contribution is 0.685. The van der Waals surface area contributed by atoms with Crippen molar-refractivity contribution in [3.63, 3.8) is 0 Å². The Hall–Kier alpha value is -3.84. The molecular formula is C31H27N. The van der Waals surface area contributed by atoms with Gasteiger partial charge in [-0.05, 0) is 65.5 Å². The zero-order valence-corrected chi connectivity index (χ0v) is 18.6. The number of rotatable bonds is 4. The molecule has 5 rings (SSSR count). The van der Waals surface area contributed by atoms with Gasteiger partial charge in [-0.3, -0.25) is 0 Å². The number of hydrogen-bond acceptors (Lipinski definition) is 1. The highest BCUT2D eigenvalue weighted by molar-refractivity contribution is 5.97. The van der Waals surface area contributed by atoms with E-state index >= 15 is 0 Å². The molecule has 0 fully saturated rings. The molecule has 32 heavy (non-hydrogen) atoms. The molecule has 0 spiro atoms. The summed E-state index contributed by atoms with van der Waals surface area (Å²) in [5.74, 6) is 0. The summed E-state index contributed by atoms with van der Waals surface area (Å²) < 4.78 is 0. The molecule has 0 aromatic heterocycles. The summed E-state index contributed by atoms with van der Waals surface area (Å²) in [5.41, 5.74) is 10.3. The Labute approximate surface area is 190 Å². The molecule has 0 amide bonds. The van der Waals surface area contributed by atoms with Crippen LogP contribution in [0.2, 0.25) is 0 Å². The number of hydrogen-bond donors (Lipinski definition) is 1. The fourth-order valence-electron chi connectivity index (χ4n) is 4.62. The SMILES string of the molecule is C=C(c1ccccc1)c1cc(C)cc2c1NC(C)(c1ccccc1)C=C2c1ccccc1. The third kappa shape index (κ3) is 3.56. The molecule has 0 bridgehead atoms. The van der Waals surface area contributed by atoms with Crippen molar-refractivity contribution in [1.29, 1.82) is 0 Å². The first-order valence-corrected chi connectivity index (χ1v) is 11.1. The van der Waals surface area contributed by atoms with Crippen molar-refractivity contribution in [2.75, 3.05) is 5.32 Å². The van der Waals surface area contributed by atoms with Crippen molar-refractivity contribution in [2.45, 2.75) is 19.4 Å². The van der Waals surface area contributed by atoms with Crippen molar-refractivity contribution in [3.05, 3.63) is 149 Å². The van der Waals surface area contributed by atoms with Crippen LogP contribution >= 0.6 is 0 Å². The van der Waals surface area contributed by atoms with Gasteiger partial charge in [-0.2, -0.15) is 0 Å². The predicted octanol–water partition coefficient (Wildman–Crippen LogP) is 7.83. The summed E-state index contributed by atoms with van der Waals surface area (Å²) >= 11 is 0. The molecule has 1 atom stereocenters. The predicted molar refractivity (Wildman–Crippen MR) is 137 cm³/mol. The van der Waals surface area contributed by atoms with Gasteiger partial charge in [0.15, 0.2) is 0 Å². The number of benzene rings is 4. The molecule has 0 aliphatic carbocycles. The van der Waals surface area contributed by atoms with E-state index < -0.39 is 0 Å². The molecule has 4 aromatic carbocycles. The Morgan fingerprint density at radius 2 is 1.38 bits per heavy atom. The van der Waals surface area contributed by atoms with Crippen molar-refractivity contribution in [1.82, 2.24) is 0 Å². The topological polar surface area (TPSA) is 12.0 Å². The van der Waals surface area contributed by atoms with Crippen LogP contribution in [0, 0.1) is 6.92 Å². The molecule has 1 heterocycles. The molecule has 156 valence electrons. The van der Waals surface area contributed by atoms with Gasteiger partial charge >= 0.3 is 0 Å². The Morgan fingerprint density at radius 1 is 0.781 bits per heavy atom. The van der Waals surface area contributed by atoms with Gasteiger partial charge in [0.1, 0.15) is 0 Å². The van der Waals surface area contributed by atoms with Crippen LogP contribution in [0.15, 0.2) is 116 Å². The molecule has 1 N–H and O–H groups in total. The lowest BCUT2D eigenvalue weighted by Gasteiger charge is -2.37. The van der Waals surface area contributed by atoms with E-state index in [-0.39, 0.29) is 5.54 Å². The lowest BCUT2D eigenvalue weighted by atomic mass is 9.79. The maximum Gasteiger partial charge on any atom is 0.0790 e. The van der Waals surface area contributed by atoms with E-state index in [2.05, 4.69) is 129 Å². The van der Waals surface area contributed by atoms with Crippen LogP contribution in [-0.2, 0) is 5.54 Å². The Bertz CT molecular complexity index is 1300. The number of anilines is 1. The molecule has 1 heteroatoms. The summed E-state index contributed by atoms with van der Waals surface area (Å²) in [4.78, 5) is 0. The molecule has 1 nitrogen and oxygen atoms in total. The van der Waals surface area contributed by atoms with Crippen LogP contribution in [0.25, 0.3) is 11.1 Å². The second kappa shape index (κ2) is 8.01. The van der Waals surface area contributed by atoms with Gasteiger partial charge in [-0.1, -0.05) is 97.6 Å². The van der Waals surface area contributed by atoms with Crippen LogP contribution in [0.4, 0.5) is 5.69 Å². The molecular weight excluding hydrogens is 386 g/mol. The number of fused-ring (bicyclic) bond motifs is 1. The minimum atomic E-state index is -0.347. The lowest BCUT2D eigenvalue weighted by Crippen LogP contribution is -2.33. The molecule has 0 radical (unpaired) electrons. The minimum absolute atomic E-state index is 0.347.